The van der Waals surface area contributed by atoms with Gasteiger partial charge in [-0.25, -0.2) is 0 Å². The van der Waals surface area contributed by atoms with Crippen LogP contribution in [-0.4, -0.2) is 30.1 Å². The molecular weight excluding hydrogens is 514 g/mol. The minimum absolute atomic E-state index is 0.132. The van der Waals surface area contributed by atoms with Crippen molar-refractivity contribution in [1.29, 1.82) is 0 Å². The van der Waals surface area contributed by atoms with Gasteiger partial charge in [-0.3, -0.25) is 9.59 Å². The summed E-state index contributed by atoms with van der Waals surface area (Å²) in [6.45, 7) is 2.94. The van der Waals surface area contributed by atoms with Crippen LogP contribution in [0.2, 0.25) is 5.02 Å². The molecule has 0 radical (unpaired) electrons. The molecule has 2 fully saturated rings. The van der Waals surface area contributed by atoms with Gasteiger partial charge in [0.2, 0.25) is 0 Å². The van der Waals surface area contributed by atoms with Crippen molar-refractivity contribution in [3.05, 3.63) is 86.9 Å². The zero-order chi connectivity index (χ0) is 27.1. The average molecular weight is 546 g/mol. The van der Waals surface area contributed by atoms with E-state index in [1.807, 2.05) is 43.3 Å². The highest BCUT2D eigenvalue weighted by atomic mass is 35.5. The van der Waals surface area contributed by atoms with Gasteiger partial charge in [-0.1, -0.05) is 17.7 Å². The zero-order valence-corrected chi connectivity index (χ0v) is 22.7. The van der Waals surface area contributed by atoms with Gasteiger partial charge in [0, 0.05) is 28.3 Å². The van der Waals surface area contributed by atoms with Crippen LogP contribution in [0.5, 0.6) is 17.2 Å². The van der Waals surface area contributed by atoms with E-state index in [1.54, 1.807) is 12.1 Å². The summed E-state index contributed by atoms with van der Waals surface area (Å²) in [6, 6.07) is 15.0. The molecule has 0 saturated heterocycles. The highest BCUT2D eigenvalue weighted by molar-refractivity contribution is 6.30. The minimum atomic E-state index is -0.797. The normalized spacial score (nSPS) is 18.2. The fraction of sp³-hybridized carbons (Fsp3) is 0.375. The molecule has 1 atom stereocenters. The number of ether oxygens (including phenoxy) is 2. The first-order chi connectivity index (χ1) is 18.9. The monoisotopic (exact) mass is 545 g/mol. The highest BCUT2D eigenvalue weighted by Gasteiger charge is 2.41. The molecule has 3 aliphatic rings. The molecule has 0 spiro atoms. The van der Waals surface area contributed by atoms with Crippen molar-refractivity contribution in [3.63, 3.8) is 0 Å². The number of carbonyl (C=O) groups is 2. The molecule has 1 aliphatic heterocycles. The molecule has 1 amide bonds. The van der Waals surface area contributed by atoms with Gasteiger partial charge in [-0.15, -0.1) is 0 Å². The fourth-order valence-electron chi connectivity index (χ4n) is 5.52. The molecule has 0 aromatic heterocycles. The molecule has 39 heavy (non-hydrogen) atoms. The summed E-state index contributed by atoms with van der Waals surface area (Å²) in [4.78, 5) is 24.8. The summed E-state index contributed by atoms with van der Waals surface area (Å²) < 4.78 is 12.6. The lowest BCUT2D eigenvalue weighted by Gasteiger charge is -2.28. The smallest absolute Gasteiger partial charge is 0.311 e. The van der Waals surface area contributed by atoms with Crippen molar-refractivity contribution >= 4 is 23.5 Å². The van der Waals surface area contributed by atoms with Crippen LogP contribution < -0.4 is 14.8 Å². The number of amides is 1. The number of aryl methyl sites for hydroxylation is 1. The van der Waals surface area contributed by atoms with Crippen LogP contribution in [0.4, 0.5) is 0 Å². The number of rotatable bonds is 9. The first kappa shape index (κ1) is 25.8. The molecule has 1 unspecified atom stereocenters. The van der Waals surface area contributed by atoms with Crippen LogP contribution in [0, 0.1) is 6.92 Å². The number of nitrogens with one attached hydrogen (secondary N) is 1. The Morgan fingerprint density at radius 1 is 1.00 bits per heavy atom. The predicted molar refractivity (Wildman–Crippen MR) is 150 cm³/mol. The van der Waals surface area contributed by atoms with Crippen molar-refractivity contribution < 1.29 is 24.2 Å². The number of carbonyl (C=O) groups excluding carboxylic acids is 1. The zero-order valence-electron chi connectivity index (χ0n) is 22.0. The van der Waals surface area contributed by atoms with E-state index in [-0.39, 0.29) is 5.91 Å². The van der Waals surface area contributed by atoms with E-state index in [2.05, 4.69) is 5.32 Å². The number of benzene rings is 3. The molecule has 2 aliphatic carbocycles. The maximum absolute atomic E-state index is 12.8. The van der Waals surface area contributed by atoms with E-state index in [4.69, 9.17) is 21.1 Å². The van der Waals surface area contributed by atoms with Crippen molar-refractivity contribution in [2.45, 2.75) is 63.2 Å². The third kappa shape index (κ3) is 5.48. The maximum Gasteiger partial charge on any atom is 0.311 e. The second kappa shape index (κ2) is 10.6. The second-order valence-electron chi connectivity index (χ2n) is 10.9. The number of hydrogen-bond acceptors (Lipinski definition) is 4. The SMILES string of the molecule is Cc1cc(Cl)ccc1CCNC(=O)c1ccc(Oc2c(C3CC3)cc3c(c2C2CC2)OCCC3C(=O)O)cc1. The summed E-state index contributed by atoms with van der Waals surface area (Å²) in [5, 5.41) is 13.6. The van der Waals surface area contributed by atoms with Gasteiger partial charge in [0.15, 0.2) is 0 Å². The molecular formula is C32H32ClNO5. The van der Waals surface area contributed by atoms with Crippen molar-refractivity contribution in [2.24, 2.45) is 0 Å². The predicted octanol–water partition coefficient (Wildman–Crippen LogP) is 7.12. The van der Waals surface area contributed by atoms with Crippen LogP contribution in [0.25, 0.3) is 0 Å². The molecule has 3 aromatic rings. The average Bonchev–Trinajstić information content (AvgIpc) is 3.84. The lowest BCUT2D eigenvalue weighted by atomic mass is 9.86. The third-order valence-electron chi connectivity index (χ3n) is 7.97. The molecule has 6 rings (SSSR count). The number of halogens is 1. The molecule has 6 nitrogen and oxygen atoms in total. The first-order valence-electron chi connectivity index (χ1n) is 13.8. The molecule has 1 heterocycles. The van der Waals surface area contributed by atoms with Crippen LogP contribution >= 0.6 is 11.6 Å². The molecule has 7 heteroatoms. The topological polar surface area (TPSA) is 84.9 Å². The highest BCUT2D eigenvalue weighted by Crippen LogP contribution is 2.58. The van der Waals surface area contributed by atoms with Crippen LogP contribution in [-0.2, 0) is 11.2 Å². The van der Waals surface area contributed by atoms with E-state index >= 15 is 0 Å². The van der Waals surface area contributed by atoms with Crippen molar-refractivity contribution in [1.82, 2.24) is 5.32 Å². The number of carboxylic acid groups (broad SMARTS) is 1. The summed E-state index contributed by atoms with van der Waals surface area (Å²) in [7, 11) is 0. The van der Waals surface area contributed by atoms with Crippen molar-refractivity contribution in [3.8, 4) is 17.2 Å². The van der Waals surface area contributed by atoms with Gasteiger partial charge in [0.25, 0.3) is 5.91 Å². The summed E-state index contributed by atoms with van der Waals surface area (Å²) in [5.74, 6) is 1.42. The van der Waals surface area contributed by atoms with Gasteiger partial charge in [0.05, 0.1) is 12.5 Å². The van der Waals surface area contributed by atoms with E-state index < -0.39 is 11.9 Å². The standard InChI is InChI=1S/C32H32ClNO5/c1-18-16-23(33)9-6-19(18)12-14-34-31(35)22-7-10-24(11-8-22)39-30-26(20-2-3-20)17-27-25(32(36)37)13-15-38-29(27)28(30)21-4-5-21/h6-11,16-17,20-21,25H,2-5,12-15H2,1H3,(H,34,35)(H,36,37). The van der Waals surface area contributed by atoms with Crippen LogP contribution in [0.1, 0.15) is 88.0 Å². The minimum Gasteiger partial charge on any atom is -0.493 e. The van der Waals surface area contributed by atoms with Crippen LogP contribution in [0.3, 0.4) is 0 Å². The molecule has 2 saturated carbocycles. The van der Waals surface area contributed by atoms with Gasteiger partial charge < -0.3 is 19.9 Å². The summed E-state index contributed by atoms with van der Waals surface area (Å²) in [5.41, 5.74) is 5.75. The van der Waals surface area contributed by atoms with Gasteiger partial charge in [-0.05, 0) is 116 Å². The fourth-order valence-corrected chi connectivity index (χ4v) is 5.75. The van der Waals surface area contributed by atoms with Gasteiger partial charge in [0.1, 0.15) is 17.2 Å². The number of fused-ring (bicyclic) bond motifs is 1. The summed E-state index contributed by atoms with van der Waals surface area (Å²) in [6.07, 6.45) is 5.46. The van der Waals surface area contributed by atoms with E-state index in [0.717, 1.165) is 65.7 Å². The Hall–Kier alpha value is -3.51. The Kier molecular flexibility index (Phi) is 6.98. The van der Waals surface area contributed by atoms with Gasteiger partial charge in [-0.2, -0.15) is 0 Å². The van der Waals surface area contributed by atoms with E-state index in [0.29, 0.717) is 53.5 Å². The van der Waals surface area contributed by atoms with Crippen LogP contribution in [0.15, 0.2) is 48.5 Å². The summed E-state index contributed by atoms with van der Waals surface area (Å²) >= 11 is 6.04. The maximum atomic E-state index is 12.8. The molecule has 202 valence electrons. The number of carboxylic acids is 1. The quantitative estimate of drug-likeness (QED) is 0.299. The largest absolute Gasteiger partial charge is 0.493 e. The lowest BCUT2D eigenvalue weighted by molar-refractivity contribution is -0.139. The molecule has 2 N–H and O–H groups in total. The first-order valence-corrected chi connectivity index (χ1v) is 14.1. The van der Waals surface area contributed by atoms with E-state index in [9.17, 15) is 14.7 Å². The Morgan fingerprint density at radius 3 is 2.41 bits per heavy atom. The second-order valence-corrected chi connectivity index (χ2v) is 11.3. The Balaban J connectivity index is 1.20. The molecule has 3 aromatic carbocycles. The van der Waals surface area contributed by atoms with Crippen molar-refractivity contribution in [2.75, 3.05) is 13.2 Å². The number of hydrogen-bond donors (Lipinski definition) is 2. The lowest BCUT2D eigenvalue weighted by Crippen LogP contribution is -2.25. The Bertz CT molecular complexity index is 1430. The Labute approximate surface area is 233 Å². The van der Waals surface area contributed by atoms with Gasteiger partial charge >= 0.3 is 5.97 Å². The third-order valence-corrected chi connectivity index (χ3v) is 8.21. The van der Waals surface area contributed by atoms with E-state index in [1.165, 1.54) is 0 Å². The number of aliphatic carboxylic acids is 1. The Morgan fingerprint density at radius 2 is 1.74 bits per heavy atom. The molecule has 0 bridgehead atoms.